The van der Waals surface area contributed by atoms with Gasteiger partial charge in [-0.05, 0) is 43.6 Å². The first-order chi connectivity index (χ1) is 19.5. The predicted octanol–water partition coefficient (Wildman–Crippen LogP) is 10.3. The maximum atomic E-state index is 11.7. The Hall–Kier alpha value is -0.970. The Morgan fingerprint density at radius 3 is 1.65 bits per heavy atom. The van der Waals surface area contributed by atoms with Crippen molar-refractivity contribution in [1.29, 1.82) is 0 Å². The predicted molar refractivity (Wildman–Crippen MR) is 169 cm³/mol. The molecular weight excluding hydrogens is 496 g/mol. The van der Waals surface area contributed by atoms with Crippen molar-refractivity contribution in [2.24, 2.45) is 0 Å². The molecule has 0 aromatic heterocycles. The Morgan fingerprint density at radius 2 is 1.15 bits per heavy atom. The van der Waals surface area contributed by atoms with E-state index < -0.39 is 17.5 Å². The maximum absolute atomic E-state index is 11.7. The van der Waals surface area contributed by atoms with E-state index >= 15 is 0 Å². The highest BCUT2D eigenvalue weighted by molar-refractivity contribution is 6.00. The third-order valence-electron chi connectivity index (χ3n) is 8.88. The lowest BCUT2D eigenvalue weighted by atomic mass is 9.93. The van der Waals surface area contributed by atoms with E-state index in [1.165, 1.54) is 122 Å². The minimum absolute atomic E-state index is 0.00836. The number of ketones is 1. The lowest BCUT2D eigenvalue weighted by Crippen LogP contribution is -2.40. The molecule has 0 aromatic rings. The number of allylic oxidation sites excluding steroid dienone is 2. The molecule has 1 N–H and O–H groups in total. The second kappa shape index (κ2) is 21.7. The summed E-state index contributed by atoms with van der Waals surface area (Å²) in [6.45, 7) is 5.21. The molecule has 4 nitrogen and oxygen atoms in total. The summed E-state index contributed by atoms with van der Waals surface area (Å²) in [6, 6.07) is 0. The Labute approximate surface area is 247 Å². The SMILES string of the molecule is CCCCCCCCCCCCCCC[C@@H](O)C[C@]1(OCCCCCCCCCC)CCC2(C=CC(=O)C=C2)O1. The third-order valence-corrected chi connectivity index (χ3v) is 8.88. The van der Waals surface area contributed by atoms with Gasteiger partial charge in [0.05, 0.1) is 12.7 Å². The van der Waals surface area contributed by atoms with Crippen molar-refractivity contribution in [3.63, 3.8) is 0 Å². The molecule has 4 heteroatoms. The maximum Gasteiger partial charge on any atom is 0.178 e. The van der Waals surface area contributed by atoms with Crippen molar-refractivity contribution in [3.8, 4) is 0 Å². The molecule has 2 atom stereocenters. The fraction of sp³-hybridized carbons (Fsp3) is 0.861. The summed E-state index contributed by atoms with van der Waals surface area (Å²) in [6.07, 6.45) is 36.9. The zero-order valence-electron chi connectivity index (χ0n) is 26.4. The van der Waals surface area contributed by atoms with Gasteiger partial charge in [-0.25, -0.2) is 0 Å². The van der Waals surface area contributed by atoms with E-state index in [4.69, 9.17) is 9.47 Å². The van der Waals surface area contributed by atoms with Gasteiger partial charge in [0.25, 0.3) is 0 Å². The van der Waals surface area contributed by atoms with Crippen LogP contribution in [-0.2, 0) is 14.3 Å². The Kier molecular flexibility index (Phi) is 19.1. The van der Waals surface area contributed by atoms with E-state index in [-0.39, 0.29) is 5.78 Å². The van der Waals surface area contributed by atoms with Gasteiger partial charge in [-0.15, -0.1) is 0 Å². The molecule has 1 spiro atoms. The first-order valence-corrected chi connectivity index (χ1v) is 17.5. The van der Waals surface area contributed by atoms with Crippen LogP contribution in [0.1, 0.15) is 174 Å². The van der Waals surface area contributed by atoms with Gasteiger partial charge in [-0.1, -0.05) is 142 Å². The van der Waals surface area contributed by atoms with Crippen LogP contribution in [0.25, 0.3) is 0 Å². The van der Waals surface area contributed by atoms with Crippen molar-refractivity contribution in [1.82, 2.24) is 0 Å². The summed E-state index contributed by atoms with van der Waals surface area (Å²) in [5.41, 5.74) is -0.567. The lowest BCUT2D eigenvalue weighted by Gasteiger charge is -2.34. The normalized spacial score (nSPS) is 20.6. The quantitative estimate of drug-likeness (QED) is 0.107. The summed E-state index contributed by atoms with van der Waals surface area (Å²) in [5, 5.41) is 11.0. The molecule has 1 aliphatic heterocycles. The fourth-order valence-electron chi connectivity index (χ4n) is 6.28. The minimum atomic E-state index is -0.758. The van der Waals surface area contributed by atoms with Gasteiger partial charge in [-0.3, -0.25) is 4.79 Å². The average molecular weight is 561 g/mol. The van der Waals surface area contributed by atoms with Crippen LogP contribution in [0.3, 0.4) is 0 Å². The molecule has 0 amide bonds. The summed E-state index contributed by atoms with van der Waals surface area (Å²) >= 11 is 0. The van der Waals surface area contributed by atoms with Crippen LogP contribution in [0.4, 0.5) is 0 Å². The number of carbonyl (C=O) groups excluding carboxylic acids is 1. The van der Waals surface area contributed by atoms with E-state index in [0.717, 1.165) is 32.1 Å². The van der Waals surface area contributed by atoms with Crippen LogP contribution in [0.5, 0.6) is 0 Å². The first kappa shape index (κ1) is 35.2. The van der Waals surface area contributed by atoms with Crippen LogP contribution >= 0.6 is 0 Å². The molecular formula is C36H64O4. The van der Waals surface area contributed by atoms with E-state index in [9.17, 15) is 9.90 Å². The molecule has 1 aliphatic carbocycles. The summed E-state index contributed by atoms with van der Waals surface area (Å²) < 4.78 is 13.0. The van der Waals surface area contributed by atoms with Crippen molar-refractivity contribution in [2.75, 3.05) is 6.61 Å². The molecule has 232 valence electrons. The van der Waals surface area contributed by atoms with Crippen molar-refractivity contribution in [2.45, 2.75) is 192 Å². The van der Waals surface area contributed by atoms with E-state index in [1.54, 1.807) is 12.2 Å². The lowest BCUT2D eigenvalue weighted by molar-refractivity contribution is -0.247. The summed E-state index contributed by atoms with van der Waals surface area (Å²) in [7, 11) is 0. The largest absolute Gasteiger partial charge is 0.393 e. The van der Waals surface area contributed by atoms with Crippen molar-refractivity contribution >= 4 is 5.78 Å². The second-order valence-electron chi connectivity index (χ2n) is 12.7. The van der Waals surface area contributed by atoms with Gasteiger partial charge in [0.15, 0.2) is 11.6 Å². The highest BCUT2D eigenvalue weighted by Crippen LogP contribution is 2.44. The topological polar surface area (TPSA) is 55.8 Å². The number of ether oxygens (including phenoxy) is 2. The van der Waals surface area contributed by atoms with E-state index in [2.05, 4.69) is 13.8 Å². The molecule has 0 bridgehead atoms. The van der Waals surface area contributed by atoms with E-state index in [0.29, 0.717) is 13.0 Å². The number of hydrogen-bond acceptors (Lipinski definition) is 4. The molecule has 2 aliphatic rings. The molecule has 1 heterocycles. The van der Waals surface area contributed by atoms with Crippen LogP contribution < -0.4 is 0 Å². The van der Waals surface area contributed by atoms with Crippen LogP contribution in [-0.4, -0.2) is 35.0 Å². The zero-order chi connectivity index (χ0) is 28.8. The number of aliphatic hydroxyl groups is 1. The number of rotatable bonds is 26. The number of aliphatic hydroxyl groups excluding tert-OH is 1. The summed E-state index contributed by atoms with van der Waals surface area (Å²) in [5.74, 6) is -0.749. The Morgan fingerprint density at radius 1 is 0.700 bits per heavy atom. The molecule has 1 fully saturated rings. The molecule has 0 aromatic carbocycles. The molecule has 0 radical (unpaired) electrons. The van der Waals surface area contributed by atoms with E-state index in [1.807, 2.05) is 12.2 Å². The van der Waals surface area contributed by atoms with Gasteiger partial charge in [0.2, 0.25) is 0 Å². The summed E-state index contributed by atoms with van der Waals surface area (Å²) in [4.78, 5) is 11.7. The van der Waals surface area contributed by atoms with Crippen molar-refractivity contribution < 1.29 is 19.4 Å². The molecule has 2 rings (SSSR count). The van der Waals surface area contributed by atoms with Gasteiger partial charge < -0.3 is 14.6 Å². The molecule has 0 unspecified atom stereocenters. The first-order valence-electron chi connectivity index (χ1n) is 17.5. The highest BCUT2D eigenvalue weighted by Gasteiger charge is 2.49. The molecule has 40 heavy (non-hydrogen) atoms. The number of unbranched alkanes of at least 4 members (excludes halogenated alkanes) is 19. The van der Waals surface area contributed by atoms with Crippen LogP contribution in [0.2, 0.25) is 0 Å². The van der Waals surface area contributed by atoms with Gasteiger partial charge in [0.1, 0.15) is 5.60 Å². The van der Waals surface area contributed by atoms with Gasteiger partial charge in [0, 0.05) is 12.8 Å². The van der Waals surface area contributed by atoms with Gasteiger partial charge in [-0.2, -0.15) is 0 Å². The second-order valence-corrected chi connectivity index (χ2v) is 12.7. The third kappa shape index (κ3) is 15.3. The standard InChI is InChI=1S/C36H64O4/c1-3-5-7-9-11-13-14-15-16-17-18-20-22-24-34(38)32-36(39-31-23-21-19-12-10-8-6-4-2)30-29-35(40-36)27-25-33(37)26-28-35/h25-28,34,38H,3-24,29-32H2,1-2H3/t34-,36+/m1/s1. The zero-order valence-corrected chi connectivity index (χ0v) is 26.4. The Bertz CT molecular complexity index is 683. The number of carbonyl (C=O) groups is 1. The fourth-order valence-corrected chi connectivity index (χ4v) is 6.28. The molecule has 0 saturated carbocycles. The van der Waals surface area contributed by atoms with Gasteiger partial charge >= 0.3 is 0 Å². The highest BCUT2D eigenvalue weighted by atomic mass is 16.7. The van der Waals surface area contributed by atoms with Crippen LogP contribution in [0, 0.1) is 0 Å². The average Bonchev–Trinajstić information content (AvgIpc) is 3.29. The smallest absolute Gasteiger partial charge is 0.178 e. The Balaban J connectivity index is 1.64. The number of hydrogen-bond donors (Lipinski definition) is 1. The minimum Gasteiger partial charge on any atom is -0.393 e. The molecule has 1 saturated heterocycles. The van der Waals surface area contributed by atoms with Crippen molar-refractivity contribution in [3.05, 3.63) is 24.3 Å². The monoisotopic (exact) mass is 560 g/mol. The van der Waals surface area contributed by atoms with Crippen LogP contribution in [0.15, 0.2) is 24.3 Å².